The van der Waals surface area contributed by atoms with Gasteiger partial charge in [0.25, 0.3) is 0 Å². The molecule has 2 heterocycles. The average Bonchev–Trinajstić information content (AvgIpc) is 2.89. The normalized spacial score (nSPS) is 11.2. The summed E-state index contributed by atoms with van der Waals surface area (Å²) in [5.74, 6) is 0. The number of hydrogen-bond acceptors (Lipinski definition) is 3. The van der Waals surface area contributed by atoms with Crippen molar-refractivity contribution < 1.29 is 0 Å². The van der Waals surface area contributed by atoms with Gasteiger partial charge in [-0.1, -0.05) is 6.92 Å². The number of aryl methyl sites for hydroxylation is 2. The first-order valence-corrected chi connectivity index (χ1v) is 6.82. The molecule has 0 fully saturated rings. The van der Waals surface area contributed by atoms with Crippen LogP contribution in [-0.2, 0) is 20.1 Å². The molecule has 0 spiro atoms. The van der Waals surface area contributed by atoms with Gasteiger partial charge in [-0.15, -0.1) is 0 Å². The molecule has 0 bridgehead atoms. The van der Waals surface area contributed by atoms with E-state index in [-0.39, 0.29) is 0 Å². The maximum atomic E-state index is 4.64. The summed E-state index contributed by atoms with van der Waals surface area (Å²) in [6, 6.07) is 0. The van der Waals surface area contributed by atoms with Gasteiger partial charge in [-0.2, -0.15) is 5.10 Å². The highest BCUT2D eigenvalue weighted by atomic mass is 15.3. The number of imidazole rings is 1. The van der Waals surface area contributed by atoms with Gasteiger partial charge in [0.2, 0.25) is 0 Å². The molecule has 0 aliphatic heterocycles. The van der Waals surface area contributed by atoms with Gasteiger partial charge in [-0.3, -0.25) is 4.68 Å². The van der Waals surface area contributed by atoms with Crippen molar-refractivity contribution in [1.29, 1.82) is 0 Å². The predicted molar refractivity (Wildman–Crippen MR) is 76.0 cm³/mol. The van der Waals surface area contributed by atoms with Crippen LogP contribution < -0.4 is 5.32 Å². The number of aromatic nitrogens is 4. The fourth-order valence-electron chi connectivity index (χ4n) is 2.22. The molecule has 2 aromatic heterocycles. The highest BCUT2D eigenvalue weighted by molar-refractivity contribution is 5.25. The Balaban J connectivity index is 2.14. The number of nitrogens with zero attached hydrogens (tertiary/aromatic N) is 4. The Hall–Kier alpha value is -1.62. The van der Waals surface area contributed by atoms with Crippen LogP contribution in [0.3, 0.4) is 0 Å². The SMILES string of the molecule is CCCNCc1c(C)nn(Cc2cncn2C)c1C. The van der Waals surface area contributed by atoms with Crippen molar-refractivity contribution in [1.82, 2.24) is 24.6 Å². The second-order valence-corrected chi connectivity index (χ2v) is 4.98. The largest absolute Gasteiger partial charge is 0.336 e. The molecule has 5 nitrogen and oxygen atoms in total. The third kappa shape index (κ3) is 3.04. The molecule has 0 saturated heterocycles. The van der Waals surface area contributed by atoms with Crippen LogP contribution in [0.1, 0.15) is 36.0 Å². The quantitative estimate of drug-likeness (QED) is 0.806. The van der Waals surface area contributed by atoms with Crippen molar-refractivity contribution in [2.75, 3.05) is 6.54 Å². The molecule has 104 valence electrons. The zero-order valence-corrected chi connectivity index (χ0v) is 12.3. The predicted octanol–water partition coefficient (Wildman–Crippen LogP) is 1.78. The number of hydrogen-bond donors (Lipinski definition) is 1. The van der Waals surface area contributed by atoms with Crippen LogP contribution in [0.15, 0.2) is 12.5 Å². The van der Waals surface area contributed by atoms with Crippen LogP contribution in [0, 0.1) is 13.8 Å². The second kappa shape index (κ2) is 6.02. The Labute approximate surface area is 114 Å². The smallest absolute Gasteiger partial charge is 0.0946 e. The van der Waals surface area contributed by atoms with E-state index in [1.165, 1.54) is 17.0 Å². The molecule has 0 aromatic carbocycles. The summed E-state index contributed by atoms with van der Waals surface area (Å²) >= 11 is 0. The fraction of sp³-hybridized carbons (Fsp3) is 0.571. The van der Waals surface area contributed by atoms with Crippen LogP contribution in [0.2, 0.25) is 0 Å². The summed E-state index contributed by atoms with van der Waals surface area (Å²) in [7, 11) is 2.01. The lowest BCUT2D eigenvalue weighted by Gasteiger charge is -2.07. The van der Waals surface area contributed by atoms with E-state index in [2.05, 4.69) is 40.9 Å². The lowest BCUT2D eigenvalue weighted by Crippen LogP contribution is -2.15. The van der Waals surface area contributed by atoms with Crippen molar-refractivity contribution in [2.24, 2.45) is 7.05 Å². The third-order valence-corrected chi connectivity index (χ3v) is 3.49. The molecular formula is C14H23N5. The van der Waals surface area contributed by atoms with Gasteiger partial charge in [-0.05, 0) is 26.8 Å². The van der Waals surface area contributed by atoms with E-state index in [0.29, 0.717) is 0 Å². The molecule has 2 rings (SSSR count). The van der Waals surface area contributed by atoms with Crippen molar-refractivity contribution in [3.05, 3.63) is 35.2 Å². The van der Waals surface area contributed by atoms with Crippen molar-refractivity contribution in [3.8, 4) is 0 Å². The van der Waals surface area contributed by atoms with E-state index in [1.807, 2.05) is 24.1 Å². The minimum atomic E-state index is 0.775. The number of nitrogens with one attached hydrogen (secondary N) is 1. The first-order valence-electron chi connectivity index (χ1n) is 6.82. The van der Waals surface area contributed by atoms with E-state index in [9.17, 15) is 0 Å². The summed E-state index contributed by atoms with van der Waals surface area (Å²) in [5, 5.41) is 8.09. The average molecular weight is 261 g/mol. The van der Waals surface area contributed by atoms with Gasteiger partial charge in [0.1, 0.15) is 0 Å². The molecule has 0 aliphatic carbocycles. The van der Waals surface area contributed by atoms with Crippen LogP contribution in [0.4, 0.5) is 0 Å². The Morgan fingerprint density at radius 3 is 2.74 bits per heavy atom. The topological polar surface area (TPSA) is 47.7 Å². The van der Waals surface area contributed by atoms with Crippen molar-refractivity contribution in [3.63, 3.8) is 0 Å². The lowest BCUT2D eigenvalue weighted by atomic mass is 10.2. The molecule has 0 radical (unpaired) electrons. The highest BCUT2D eigenvalue weighted by Crippen LogP contribution is 2.14. The lowest BCUT2D eigenvalue weighted by molar-refractivity contribution is 0.623. The van der Waals surface area contributed by atoms with Gasteiger partial charge in [0, 0.05) is 24.8 Å². The first-order chi connectivity index (χ1) is 9.13. The minimum Gasteiger partial charge on any atom is -0.336 e. The van der Waals surface area contributed by atoms with Crippen LogP contribution in [0.25, 0.3) is 0 Å². The maximum absolute atomic E-state index is 4.64. The summed E-state index contributed by atoms with van der Waals surface area (Å²) in [4.78, 5) is 4.15. The Morgan fingerprint density at radius 2 is 2.11 bits per heavy atom. The molecule has 5 heteroatoms. The molecule has 0 saturated carbocycles. The van der Waals surface area contributed by atoms with E-state index in [1.54, 1.807) is 0 Å². The van der Waals surface area contributed by atoms with Gasteiger partial charge in [-0.25, -0.2) is 4.98 Å². The van der Waals surface area contributed by atoms with Crippen molar-refractivity contribution >= 4 is 0 Å². The fourth-order valence-corrected chi connectivity index (χ4v) is 2.22. The monoisotopic (exact) mass is 261 g/mol. The van der Waals surface area contributed by atoms with Crippen molar-refractivity contribution in [2.45, 2.75) is 40.3 Å². The summed E-state index contributed by atoms with van der Waals surface area (Å²) in [6.45, 7) is 9.12. The van der Waals surface area contributed by atoms with Gasteiger partial charge >= 0.3 is 0 Å². The standard InChI is InChI=1S/C14H23N5/c1-5-6-15-8-14-11(2)17-19(12(14)3)9-13-7-16-10-18(13)4/h7,10,15H,5-6,8-9H2,1-4H3. The van der Waals surface area contributed by atoms with E-state index in [0.717, 1.165) is 31.7 Å². The van der Waals surface area contributed by atoms with E-state index < -0.39 is 0 Å². The highest BCUT2D eigenvalue weighted by Gasteiger charge is 2.12. The minimum absolute atomic E-state index is 0.775. The summed E-state index contributed by atoms with van der Waals surface area (Å²) in [5.41, 5.74) is 4.83. The second-order valence-electron chi connectivity index (χ2n) is 4.98. The van der Waals surface area contributed by atoms with Gasteiger partial charge in [0.05, 0.1) is 30.5 Å². The zero-order chi connectivity index (χ0) is 13.8. The van der Waals surface area contributed by atoms with Crippen LogP contribution >= 0.6 is 0 Å². The Bertz CT molecular complexity index is 538. The van der Waals surface area contributed by atoms with Gasteiger partial charge < -0.3 is 9.88 Å². The summed E-state index contributed by atoms with van der Waals surface area (Å²) < 4.78 is 4.10. The number of rotatable bonds is 6. The molecule has 0 atom stereocenters. The molecule has 0 aliphatic rings. The zero-order valence-electron chi connectivity index (χ0n) is 12.3. The van der Waals surface area contributed by atoms with E-state index in [4.69, 9.17) is 0 Å². The molecule has 0 unspecified atom stereocenters. The van der Waals surface area contributed by atoms with Crippen LogP contribution in [0.5, 0.6) is 0 Å². The maximum Gasteiger partial charge on any atom is 0.0946 e. The molecule has 0 amide bonds. The summed E-state index contributed by atoms with van der Waals surface area (Å²) in [6.07, 6.45) is 4.87. The first kappa shape index (κ1) is 13.8. The molecule has 2 aromatic rings. The van der Waals surface area contributed by atoms with Gasteiger partial charge in [0.15, 0.2) is 0 Å². The molecular weight excluding hydrogens is 238 g/mol. The molecule has 1 N–H and O–H groups in total. The third-order valence-electron chi connectivity index (χ3n) is 3.49. The Kier molecular flexibility index (Phi) is 4.37. The van der Waals surface area contributed by atoms with E-state index >= 15 is 0 Å². The Morgan fingerprint density at radius 1 is 1.32 bits per heavy atom. The molecule has 19 heavy (non-hydrogen) atoms. The van der Waals surface area contributed by atoms with Crippen LogP contribution in [-0.4, -0.2) is 25.9 Å².